The van der Waals surface area contributed by atoms with E-state index in [4.69, 9.17) is 0 Å². The Morgan fingerprint density at radius 3 is 2.06 bits per heavy atom. The van der Waals surface area contributed by atoms with Crippen molar-refractivity contribution in [3.8, 4) is 11.1 Å². The summed E-state index contributed by atoms with van der Waals surface area (Å²) in [4.78, 5) is 23.4. The number of carboxylic acids is 1. The van der Waals surface area contributed by atoms with Gasteiger partial charge >= 0.3 is 24.4 Å². The molecule has 11 heteroatoms. The van der Waals surface area contributed by atoms with Gasteiger partial charge in [0.2, 0.25) is 0 Å². The molecule has 0 spiro atoms. The summed E-state index contributed by atoms with van der Waals surface area (Å²) in [6.45, 7) is 1.50. The predicted octanol–water partition coefficient (Wildman–Crippen LogP) is 5.40. The number of halogens is 6. The number of alkyl halides is 6. The van der Waals surface area contributed by atoms with Crippen molar-refractivity contribution in [2.24, 2.45) is 0 Å². The number of amides is 2. The molecule has 0 heterocycles. The van der Waals surface area contributed by atoms with E-state index in [-0.39, 0.29) is 23.1 Å². The van der Waals surface area contributed by atoms with Crippen molar-refractivity contribution in [2.45, 2.75) is 38.2 Å². The van der Waals surface area contributed by atoms with Crippen LogP contribution in [0.5, 0.6) is 0 Å². The molecule has 2 aromatic carbocycles. The largest absolute Gasteiger partial charge is 0.481 e. The molecule has 0 saturated heterocycles. The minimum Gasteiger partial charge on any atom is -0.481 e. The van der Waals surface area contributed by atoms with E-state index in [0.717, 1.165) is 0 Å². The zero-order chi connectivity index (χ0) is 24.3. The van der Waals surface area contributed by atoms with E-state index in [0.29, 0.717) is 6.07 Å². The fourth-order valence-electron chi connectivity index (χ4n) is 3.50. The highest BCUT2D eigenvalue weighted by Gasteiger charge is 2.47. The molecule has 5 nitrogen and oxygen atoms in total. The summed E-state index contributed by atoms with van der Waals surface area (Å²) in [7, 11) is 1.26. The van der Waals surface area contributed by atoms with Crippen LogP contribution in [-0.2, 0) is 23.6 Å². The molecule has 3 N–H and O–H groups in total. The number of carbonyl (C=O) groups is 2. The van der Waals surface area contributed by atoms with Gasteiger partial charge in [-0.25, -0.2) is 4.79 Å². The van der Waals surface area contributed by atoms with Crippen LogP contribution in [0.2, 0.25) is 0 Å². The summed E-state index contributed by atoms with van der Waals surface area (Å²) in [5.41, 5.74) is -5.53. The third kappa shape index (κ3) is 5.51. The average Bonchev–Trinajstić information content (AvgIpc) is 2.69. The third-order valence-electron chi connectivity index (χ3n) is 4.77. The van der Waals surface area contributed by atoms with Crippen LogP contribution in [0.25, 0.3) is 11.1 Å². The van der Waals surface area contributed by atoms with E-state index in [1.54, 1.807) is 6.07 Å². The minimum absolute atomic E-state index is 0.0114. The summed E-state index contributed by atoms with van der Waals surface area (Å²) >= 11 is 0. The first-order chi connectivity index (χ1) is 14.8. The molecule has 1 atom stereocenters. The highest BCUT2D eigenvalue weighted by molar-refractivity contribution is 5.80. The molecule has 174 valence electrons. The van der Waals surface area contributed by atoms with Gasteiger partial charge in [0.25, 0.3) is 0 Å². The van der Waals surface area contributed by atoms with Crippen molar-refractivity contribution in [1.82, 2.24) is 10.6 Å². The normalized spacial score (nSPS) is 12.9. The van der Waals surface area contributed by atoms with Crippen molar-refractivity contribution in [1.29, 1.82) is 0 Å². The van der Waals surface area contributed by atoms with Crippen LogP contribution in [0, 0.1) is 0 Å². The van der Waals surface area contributed by atoms with E-state index < -0.39 is 53.5 Å². The number of hydrogen-bond acceptors (Lipinski definition) is 2. The van der Waals surface area contributed by atoms with E-state index in [2.05, 4.69) is 10.6 Å². The second-order valence-electron chi connectivity index (χ2n) is 6.86. The van der Waals surface area contributed by atoms with Gasteiger partial charge in [-0.05, 0) is 34.7 Å². The number of carboxylic acid groups (broad SMARTS) is 1. The molecule has 0 radical (unpaired) electrons. The lowest BCUT2D eigenvalue weighted by atomic mass is 9.82. The van der Waals surface area contributed by atoms with Gasteiger partial charge in [-0.15, -0.1) is 0 Å². The Bertz CT molecular complexity index is 988. The number of rotatable bonds is 6. The molecule has 0 saturated carbocycles. The SMILES string of the molecule is CCC(NC(=O)NC)c1c(-c2ccccc2)cc(C(F)(F)F)c(C(F)(F)F)c1CC(=O)O. The molecule has 2 rings (SSSR count). The number of hydrogen-bond donors (Lipinski definition) is 3. The maximum Gasteiger partial charge on any atom is 0.417 e. The zero-order valence-electron chi connectivity index (χ0n) is 17.0. The van der Waals surface area contributed by atoms with Crippen molar-refractivity contribution < 1.29 is 41.0 Å². The maximum atomic E-state index is 13.9. The van der Waals surface area contributed by atoms with Gasteiger partial charge in [-0.2, -0.15) is 26.3 Å². The third-order valence-corrected chi connectivity index (χ3v) is 4.77. The van der Waals surface area contributed by atoms with Crippen LogP contribution < -0.4 is 10.6 Å². The summed E-state index contributed by atoms with van der Waals surface area (Å²) in [6.07, 6.45) is -12.2. The first-order valence-corrected chi connectivity index (χ1v) is 9.40. The monoisotopic (exact) mass is 462 g/mol. The molecular weight excluding hydrogens is 442 g/mol. The predicted molar refractivity (Wildman–Crippen MR) is 104 cm³/mol. The Balaban J connectivity index is 3.09. The van der Waals surface area contributed by atoms with E-state index in [1.807, 2.05) is 0 Å². The van der Waals surface area contributed by atoms with Crippen LogP contribution in [0.4, 0.5) is 31.1 Å². The number of urea groups is 1. The minimum atomic E-state index is -5.50. The molecule has 0 fully saturated rings. The lowest BCUT2D eigenvalue weighted by Crippen LogP contribution is -2.37. The molecule has 0 aromatic heterocycles. The number of benzene rings is 2. The summed E-state index contributed by atoms with van der Waals surface area (Å²) in [5, 5.41) is 13.9. The average molecular weight is 462 g/mol. The molecule has 0 aliphatic rings. The van der Waals surface area contributed by atoms with Gasteiger partial charge in [0.1, 0.15) is 0 Å². The van der Waals surface area contributed by atoms with Gasteiger partial charge < -0.3 is 15.7 Å². The zero-order valence-corrected chi connectivity index (χ0v) is 17.0. The van der Waals surface area contributed by atoms with Crippen LogP contribution in [0.3, 0.4) is 0 Å². The van der Waals surface area contributed by atoms with Crippen LogP contribution in [0.15, 0.2) is 36.4 Å². The highest BCUT2D eigenvalue weighted by Crippen LogP contribution is 2.47. The Morgan fingerprint density at radius 2 is 1.62 bits per heavy atom. The number of nitrogens with one attached hydrogen (secondary N) is 2. The quantitative estimate of drug-likeness (QED) is 0.503. The van der Waals surface area contributed by atoms with Gasteiger partial charge in [-0.3, -0.25) is 4.79 Å². The van der Waals surface area contributed by atoms with E-state index >= 15 is 0 Å². The standard InChI is InChI=1S/C21H20F6N2O3/c1-3-15(29-19(32)28-2)17-12(11-7-5-4-6-8-11)9-14(20(22,23)24)18(21(25,26)27)13(17)10-16(30)31/h4-9,15H,3,10H2,1-2H3,(H,30,31)(H2,28,29,32). The maximum absolute atomic E-state index is 13.9. The Hall–Kier alpha value is -3.24. The molecule has 0 aliphatic heterocycles. The lowest BCUT2D eigenvalue weighted by molar-refractivity contribution is -0.162. The van der Waals surface area contributed by atoms with Crippen molar-refractivity contribution in [3.05, 3.63) is 58.7 Å². The van der Waals surface area contributed by atoms with Crippen LogP contribution in [0.1, 0.15) is 41.6 Å². The molecule has 0 aliphatic carbocycles. The Kier molecular flexibility index (Phi) is 7.42. The Labute approximate surface area is 179 Å². The number of aliphatic carboxylic acids is 1. The van der Waals surface area contributed by atoms with Crippen molar-refractivity contribution in [2.75, 3.05) is 7.05 Å². The summed E-state index contributed by atoms with van der Waals surface area (Å²) in [6, 6.07) is 5.70. The lowest BCUT2D eigenvalue weighted by Gasteiger charge is -2.28. The molecule has 0 bridgehead atoms. The van der Waals surface area contributed by atoms with Gasteiger partial charge in [0, 0.05) is 7.05 Å². The fourth-order valence-corrected chi connectivity index (χ4v) is 3.50. The van der Waals surface area contributed by atoms with Gasteiger partial charge in [0.05, 0.1) is 23.6 Å². The van der Waals surface area contributed by atoms with Gasteiger partial charge in [-0.1, -0.05) is 37.3 Å². The molecule has 32 heavy (non-hydrogen) atoms. The fraction of sp³-hybridized carbons (Fsp3) is 0.333. The first kappa shape index (κ1) is 25.0. The molecule has 2 aromatic rings. The first-order valence-electron chi connectivity index (χ1n) is 9.40. The van der Waals surface area contributed by atoms with E-state index in [9.17, 15) is 41.0 Å². The second-order valence-corrected chi connectivity index (χ2v) is 6.86. The molecular formula is C21H20F6N2O3. The Morgan fingerprint density at radius 1 is 1.03 bits per heavy atom. The smallest absolute Gasteiger partial charge is 0.417 e. The van der Waals surface area contributed by atoms with E-state index in [1.165, 1.54) is 38.2 Å². The van der Waals surface area contributed by atoms with Crippen molar-refractivity contribution in [3.63, 3.8) is 0 Å². The van der Waals surface area contributed by atoms with Crippen LogP contribution in [-0.4, -0.2) is 24.2 Å². The van der Waals surface area contributed by atoms with Gasteiger partial charge in [0.15, 0.2) is 0 Å². The number of carbonyl (C=O) groups excluding carboxylic acids is 1. The molecule has 1 unspecified atom stereocenters. The summed E-state index contributed by atoms with van der Waals surface area (Å²) in [5.74, 6) is -1.75. The summed E-state index contributed by atoms with van der Waals surface area (Å²) < 4.78 is 83.0. The second kappa shape index (κ2) is 9.49. The van der Waals surface area contributed by atoms with Crippen LogP contribution >= 0.6 is 0 Å². The van der Waals surface area contributed by atoms with Crippen molar-refractivity contribution >= 4 is 12.0 Å². The topological polar surface area (TPSA) is 78.4 Å². The highest BCUT2D eigenvalue weighted by atomic mass is 19.4. The molecule has 2 amide bonds.